The molecule has 3 heterocycles. The Kier molecular flexibility index (Phi) is 6.45. The van der Waals surface area contributed by atoms with Crippen molar-refractivity contribution in [1.82, 2.24) is 4.90 Å². The van der Waals surface area contributed by atoms with E-state index in [1.807, 2.05) is 12.1 Å². The number of fused-ring (bicyclic) bond motifs is 3. The molecular weight excluding hydrogens is 566 g/mol. The number of primary amides is 1. The highest BCUT2D eigenvalue weighted by molar-refractivity contribution is 6.34. The average Bonchev–Trinajstić information content (AvgIpc) is 3.46. The van der Waals surface area contributed by atoms with Crippen molar-refractivity contribution in [2.45, 2.75) is 50.6 Å². The third kappa shape index (κ3) is 4.23. The molecule has 3 amide bonds. The van der Waals surface area contributed by atoms with E-state index in [2.05, 4.69) is 31.0 Å². The molecule has 0 radical (unpaired) electrons. The number of halogens is 3. The van der Waals surface area contributed by atoms with E-state index in [9.17, 15) is 18.8 Å². The summed E-state index contributed by atoms with van der Waals surface area (Å²) >= 11 is 12.8. The normalized spacial score (nSPS) is 25.5. The van der Waals surface area contributed by atoms with Gasteiger partial charge in [0.05, 0.1) is 23.3 Å². The SMILES string of the molecule is CC(C)(C)C[C@@H]1N2CN(c3ccc(C(N)=O)c(Cl)c3)C(=O)[C@H]2[C@H](c2cccc(Cl)c2)[C@]12C(=O)Nc1cc(F)ccc12. The summed E-state index contributed by atoms with van der Waals surface area (Å²) in [7, 11) is 0. The largest absolute Gasteiger partial charge is 0.366 e. The van der Waals surface area contributed by atoms with E-state index < -0.39 is 35.1 Å². The first kappa shape index (κ1) is 27.7. The number of hydrogen-bond donors (Lipinski definition) is 2. The first-order chi connectivity index (χ1) is 19.3. The number of nitrogens with zero attached hydrogens (tertiary/aromatic N) is 2. The van der Waals surface area contributed by atoms with Crippen LogP contribution in [0.1, 0.15) is 54.6 Å². The van der Waals surface area contributed by atoms with Crippen molar-refractivity contribution in [2.75, 3.05) is 16.9 Å². The molecular formula is C31H29Cl2FN4O3. The first-order valence-electron chi connectivity index (χ1n) is 13.4. The quantitative estimate of drug-likeness (QED) is 0.405. The molecule has 0 bridgehead atoms. The Morgan fingerprint density at radius 3 is 2.51 bits per heavy atom. The summed E-state index contributed by atoms with van der Waals surface area (Å²) in [5.74, 6) is -2.22. The van der Waals surface area contributed by atoms with Gasteiger partial charge in [0, 0.05) is 28.4 Å². The zero-order valence-electron chi connectivity index (χ0n) is 22.8. The number of carbonyl (C=O) groups excluding carboxylic acids is 3. The summed E-state index contributed by atoms with van der Waals surface area (Å²) in [4.78, 5) is 44.2. The number of hydrogen-bond acceptors (Lipinski definition) is 4. The maximum atomic E-state index is 14.4. The average molecular weight is 596 g/mol. The third-order valence-corrected chi connectivity index (χ3v) is 9.06. The van der Waals surface area contributed by atoms with Gasteiger partial charge in [-0.2, -0.15) is 0 Å². The lowest BCUT2D eigenvalue weighted by atomic mass is 9.62. The number of amides is 3. The van der Waals surface area contributed by atoms with Crippen LogP contribution in [0.4, 0.5) is 15.8 Å². The topological polar surface area (TPSA) is 95.7 Å². The predicted molar refractivity (Wildman–Crippen MR) is 157 cm³/mol. The van der Waals surface area contributed by atoms with Crippen LogP contribution in [0.2, 0.25) is 10.0 Å². The van der Waals surface area contributed by atoms with Crippen LogP contribution in [0.3, 0.4) is 0 Å². The molecule has 2 saturated heterocycles. The summed E-state index contributed by atoms with van der Waals surface area (Å²) in [6, 6.07) is 15.2. The Bertz CT molecular complexity index is 1620. The van der Waals surface area contributed by atoms with Crippen molar-refractivity contribution in [3.05, 3.63) is 93.2 Å². The summed E-state index contributed by atoms with van der Waals surface area (Å²) in [6.07, 6.45) is 0.577. The van der Waals surface area contributed by atoms with Crippen LogP contribution in [-0.2, 0) is 15.0 Å². The maximum Gasteiger partial charge on any atom is 0.250 e. The molecule has 3 N–H and O–H groups in total. The van der Waals surface area contributed by atoms with Crippen LogP contribution >= 0.6 is 23.2 Å². The summed E-state index contributed by atoms with van der Waals surface area (Å²) < 4.78 is 14.4. The lowest BCUT2D eigenvalue weighted by Crippen LogP contribution is -2.52. The molecule has 0 aromatic heterocycles. The fourth-order valence-electron chi connectivity index (χ4n) is 7.02. The number of nitrogens with two attached hydrogens (primary N) is 1. The Morgan fingerprint density at radius 1 is 1.10 bits per heavy atom. The first-order valence-corrected chi connectivity index (χ1v) is 14.1. The molecule has 3 aliphatic heterocycles. The van der Waals surface area contributed by atoms with E-state index in [0.29, 0.717) is 28.4 Å². The van der Waals surface area contributed by atoms with Crippen LogP contribution in [0.15, 0.2) is 60.7 Å². The van der Waals surface area contributed by atoms with Gasteiger partial charge in [-0.15, -0.1) is 0 Å². The zero-order chi connectivity index (χ0) is 29.4. The number of rotatable bonds is 4. The third-order valence-electron chi connectivity index (χ3n) is 8.51. The van der Waals surface area contributed by atoms with Crippen LogP contribution in [0, 0.1) is 11.2 Å². The summed E-state index contributed by atoms with van der Waals surface area (Å²) in [5.41, 5.74) is 6.55. The molecule has 3 aliphatic rings. The molecule has 212 valence electrons. The Balaban J connectivity index is 1.57. The number of anilines is 2. The van der Waals surface area contributed by atoms with Gasteiger partial charge >= 0.3 is 0 Å². The molecule has 7 nitrogen and oxygen atoms in total. The fourth-order valence-corrected chi connectivity index (χ4v) is 7.49. The summed E-state index contributed by atoms with van der Waals surface area (Å²) in [5, 5.41) is 3.58. The molecule has 0 unspecified atom stereocenters. The van der Waals surface area contributed by atoms with Crippen LogP contribution < -0.4 is 16.0 Å². The van der Waals surface area contributed by atoms with Gasteiger partial charge in [0.25, 0.3) is 0 Å². The van der Waals surface area contributed by atoms with Gasteiger partial charge in [-0.3, -0.25) is 24.2 Å². The summed E-state index contributed by atoms with van der Waals surface area (Å²) in [6.45, 7) is 6.48. The monoisotopic (exact) mass is 594 g/mol. The van der Waals surface area contributed by atoms with E-state index in [0.717, 1.165) is 5.56 Å². The Hall–Kier alpha value is -3.46. The minimum absolute atomic E-state index is 0.148. The molecule has 0 saturated carbocycles. The molecule has 1 spiro atoms. The van der Waals surface area contributed by atoms with E-state index in [1.165, 1.54) is 18.2 Å². The number of nitrogens with one attached hydrogen (secondary N) is 1. The highest BCUT2D eigenvalue weighted by Gasteiger charge is 2.71. The highest BCUT2D eigenvalue weighted by atomic mass is 35.5. The maximum absolute atomic E-state index is 14.4. The molecule has 4 atom stereocenters. The van der Waals surface area contributed by atoms with Gasteiger partial charge in [-0.1, -0.05) is 62.2 Å². The van der Waals surface area contributed by atoms with Gasteiger partial charge in [0.1, 0.15) is 11.2 Å². The molecule has 3 aromatic rings. The second-order valence-corrected chi connectivity index (χ2v) is 13.1. The van der Waals surface area contributed by atoms with Gasteiger partial charge in [0.2, 0.25) is 17.7 Å². The van der Waals surface area contributed by atoms with Gasteiger partial charge in [-0.25, -0.2) is 4.39 Å². The number of carbonyl (C=O) groups is 3. The molecule has 0 aliphatic carbocycles. The van der Waals surface area contributed by atoms with Crippen molar-refractivity contribution in [2.24, 2.45) is 11.1 Å². The van der Waals surface area contributed by atoms with Crippen LogP contribution in [-0.4, -0.2) is 41.4 Å². The van der Waals surface area contributed by atoms with Crippen molar-refractivity contribution in [1.29, 1.82) is 0 Å². The van der Waals surface area contributed by atoms with Crippen molar-refractivity contribution in [3.8, 4) is 0 Å². The second-order valence-electron chi connectivity index (χ2n) is 12.2. The molecule has 2 fully saturated rings. The predicted octanol–water partition coefficient (Wildman–Crippen LogP) is 5.70. The van der Waals surface area contributed by atoms with Crippen molar-refractivity contribution >= 4 is 52.3 Å². The Labute approximate surface area is 247 Å². The Morgan fingerprint density at radius 2 is 1.85 bits per heavy atom. The van der Waals surface area contributed by atoms with Crippen LogP contribution in [0.5, 0.6) is 0 Å². The van der Waals surface area contributed by atoms with E-state index in [1.54, 1.807) is 35.2 Å². The second kappa shape index (κ2) is 9.54. The molecule has 41 heavy (non-hydrogen) atoms. The van der Waals surface area contributed by atoms with E-state index in [4.69, 9.17) is 28.9 Å². The highest BCUT2D eigenvalue weighted by Crippen LogP contribution is 2.61. The van der Waals surface area contributed by atoms with Crippen LogP contribution in [0.25, 0.3) is 0 Å². The lowest BCUT2D eigenvalue weighted by Gasteiger charge is -2.40. The smallest absolute Gasteiger partial charge is 0.250 e. The molecule has 3 aromatic carbocycles. The number of benzene rings is 3. The standard InChI is InChI=1S/C31H29Cl2FN4O3/c1-30(2,3)14-24-31(21-10-7-18(34)12-23(21)36-29(31)41)25(16-5-4-6-17(32)11-16)26-28(40)37(15-38(24)26)19-8-9-20(27(35)39)22(33)13-19/h4-13,24-26H,14-15H2,1-3H3,(H2,35,39)(H,36,41)/t24-,25-,26+,31+/m0/s1. The van der Waals surface area contributed by atoms with Gasteiger partial charge in [-0.05, 0) is 65.4 Å². The van der Waals surface area contributed by atoms with Crippen molar-refractivity contribution < 1.29 is 18.8 Å². The van der Waals surface area contributed by atoms with Gasteiger partial charge < -0.3 is 11.1 Å². The molecule has 6 rings (SSSR count). The minimum Gasteiger partial charge on any atom is -0.366 e. The lowest BCUT2D eigenvalue weighted by molar-refractivity contribution is -0.122. The minimum atomic E-state index is -1.18. The zero-order valence-corrected chi connectivity index (χ0v) is 24.3. The molecule has 10 heteroatoms. The van der Waals surface area contributed by atoms with E-state index in [-0.39, 0.29) is 34.5 Å². The van der Waals surface area contributed by atoms with Gasteiger partial charge in [0.15, 0.2) is 0 Å². The van der Waals surface area contributed by atoms with Crippen molar-refractivity contribution in [3.63, 3.8) is 0 Å². The van der Waals surface area contributed by atoms with E-state index >= 15 is 0 Å². The fraction of sp³-hybridized carbons (Fsp3) is 0.323.